The van der Waals surface area contributed by atoms with Gasteiger partial charge in [-0.15, -0.1) is 0 Å². The molecule has 6 heteroatoms. The minimum Gasteiger partial charge on any atom is -0.382 e. The first-order valence-corrected chi connectivity index (χ1v) is 8.45. The number of likely N-dealkylation sites (tertiary alicyclic amines) is 1. The summed E-state index contributed by atoms with van der Waals surface area (Å²) in [6.45, 7) is 3.58. The Kier molecular flexibility index (Phi) is 5.82. The van der Waals surface area contributed by atoms with Crippen LogP contribution in [0.1, 0.15) is 18.5 Å². The van der Waals surface area contributed by atoms with Gasteiger partial charge in [0.05, 0.1) is 19.6 Å². The van der Waals surface area contributed by atoms with Crippen LogP contribution in [0.3, 0.4) is 0 Å². The summed E-state index contributed by atoms with van der Waals surface area (Å²) in [5.74, 6) is 0.645. The zero-order valence-corrected chi connectivity index (χ0v) is 14.1. The Morgan fingerprint density at radius 3 is 2.88 bits per heavy atom. The highest BCUT2D eigenvalue weighted by Crippen LogP contribution is 2.21. The van der Waals surface area contributed by atoms with Crippen LogP contribution in [0.5, 0.6) is 0 Å². The number of piperidine rings is 1. The van der Waals surface area contributed by atoms with E-state index in [-0.39, 0.29) is 5.91 Å². The lowest BCUT2D eigenvalue weighted by molar-refractivity contribution is -0.132. The van der Waals surface area contributed by atoms with E-state index >= 15 is 0 Å². The van der Waals surface area contributed by atoms with Gasteiger partial charge in [-0.3, -0.25) is 4.79 Å². The molecular formula is C18H24N2O4. The monoisotopic (exact) mass is 332 g/mol. The van der Waals surface area contributed by atoms with E-state index in [1.807, 2.05) is 29.2 Å². The van der Waals surface area contributed by atoms with Crippen LogP contribution < -0.4 is 0 Å². The van der Waals surface area contributed by atoms with Crippen molar-refractivity contribution >= 4 is 16.9 Å². The number of nitrogens with zero attached hydrogens (tertiary/aromatic N) is 2. The number of hydrogen-bond acceptors (Lipinski definition) is 5. The highest BCUT2D eigenvalue weighted by atomic mass is 16.5. The first kappa shape index (κ1) is 16.9. The topological polar surface area (TPSA) is 64.8 Å². The SMILES string of the molecule is COCCOCC1CCN(C(=O)Cc2noc3ccccc23)CC1. The number of para-hydroxylation sites is 1. The van der Waals surface area contributed by atoms with Crippen molar-refractivity contribution in [2.45, 2.75) is 19.3 Å². The van der Waals surface area contributed by atoms with Gasteiger partial charge < -0.3 is 18.9 Å². The van der Waals surface area contributed by atoms with Crippen molar-refractivity contribution in [3.05, 3.63) is 30.0 Å². The van der Waals surface area contributed by atoms with Gasteiger partial charge in [-0.25, -0.2) is 0 Å². The number of benzene rings is 1. The molecule has 1 amide bonds. The van der Waals surface area contributed by atoms with Crippen molar-refractivity contribution < 1.29 is 18.8 Å². The Labute approximate surface area is 141 Å². The fourth-order valence-electron chi connectivity index (χ4n) is 3.06. The smallest absolute Gasteiger partial charge is 0.228 e. The van der Waals surface area contributed by atoms with Crippen LogP contribution >= 0.6 is 0 Å². The highest BCUT2D eigenvalue weighted by Gasteiger charge is 2.24. The van der Waals surface area contributed by atoms with Gasteiger partial charge in [-0.1, -0.05) is 17.3 Å². The zero-order chi connectivity index (χ0) is 16.8. The average molecular weight is 332 g/mol. The summed E-state index contributed by atoms with van der Waals surface area (Å²) in [5.41, 5.74) is 1.45. The van der Waals surface area contributed by atoms with Gasteiger partial charge in [0.1, 0.15) is 5.69 Å². The van der Waals surface area contributed by atoms with Crippen molar-refractivity contribution in [3.8, 4) is 0 Å². The lowest BCUT2D eigenvalue weighted by atomic mass is 9.97. The number of ether oxygens (including phenoxy) is 2. The standard InChI is InChI=1S/C18H24N2O4/c1-22-10-11-23-13-14-6-8-20(9-7-14)18(21)12-16-15-4-2-3-5-17(15)24-19-16/h2-5,14H,6-13H2,1H3. The van der Waals surface area contributed by atoms with E-state index in [9.17, 15) is 4.79 Å². The molecule has 1 aromatic heterocycles. The van der Waals surface area contributed by atoms with Gasteiger partial charge in [0, 0.05) is 32.2 Å². The highest BCUT2D eigenvalue weighted by molar-refractivity contribution is 5.86. The third-order valence-corrected chi connectivity index (χ3v) is 4.52. The van der Waals surface area contributed by atoms with Crippen molar-refractivity contribution in [1.82, 2.24) is 10.1 Å². The molecule has 1 aliphatic rings. The predicted octanol–water partition coefficient (Wildman–Crippen LogP) is 2.27. The molecular weight excluding hydrogens is 308 g/mol. The van der Waals surface area contributed by atoms with E-state index in [1.54, 1.807) is 7.11 Å². The molecule has 0 atom stereocenters. The molecule has 1 aliphatic heterocycles. The van der Waals surface area contributed by atoms with E-state index in [1.165, 1.54) is 0 Å². The second-order valence-corrected chi connectivity index (χ2v) is 6.19. The molecule has 0 bridgehead atoms. The van der Waals surface area contributed by atoms with E-state index in [4.69, 9.17) is 14.0 Å². The lowest BCUT2D eigenvalue weighted by Gasteiger charge is -2.31. The van der Waals surface area contributed by atoms with Crippen LogP contribution in [-0.2, 0) is 20.7 Å². The molecule has 3 rings (SSSR count). The Balaban J connectivity index is 1.47. The third kappa shape index (κ3) is 4.13. The quantitative estimate of drug-likeness (QED) is 0.728. The number of hydrogen-bond donors (Lipinski definition) is 0. The van der Waals surface area contributed by atoms with Gasteiger partial charge in [0.2, 0.25) is 5.91 Å². The van der Waals surface area contributed by atoms with E-state index in [0.29, 0.717) is 25.6 Å². The molecule has 2 heterocycles. The molecule has 1 saturated heterocycles. The summed E-state index contributed by atoms with van der Waals surface area (Å²) in [6.07, 6.45) is 2.27. The van der Waals surface area contributed by atoms with Crippen LogP contribution in [0.15, 0.2) is 28.8 Å². The van der Waals surface area contributed by atoms with Crippen molar-refractivity contribution in [3.63, 3.8) is 0 Å². The number of methoxy groups -OCH3 is 1. The van der Waals surface area contributed by atoms with Crippen LogP contribution in [0, 0.1) is 5.92 Å². The Hall–Kier alpha value is -1.92. The van der Waals surface area contributed by atoms with E-state index in [2.05, 4.69) is 5.16 Å². The largest absolute Gasteiger partial charge is 0.382 e. The fraction of sp³-hybridized carbons (Fsp3) is 0.556. The number of aromatic nitrogens is 1. The molecule has 0 saturated carbocycles. The molecule has 2 aromatic rings. The Bertz CT molecular complexity index is 662. The second-order valence-electron chi connectivity index (χ2n) is 6.19. The van der Waals surface area contributed by atoms with Crippen molar-refractivity contribution in [2.24, 2.45) is 5.92 Å². The number of carbonyl (C=O) groups is 1. The number of amides is 1. The molecule has 6 nitrogen and oxygen atoms in total. The third-order valence-electron chi connectivity index (χ3n) is 4.52. The predicted molar refractivity (Wildman–Crippen MR) is 89.7 cm³/mol. The first-order valence-electron chi connectivity index (χ1n) is 8.45. The Morgan fingerprint density at radius 1 is 1.29 bits per heavy atom. The Morgan fingerprint density at radius 2 is 2.08 bits per heavy atom. The maximum Gasteiger partial charge on any atom is 0.228 e. The summed E-state index contributed by atoms with van der Waals surface area (Å²) in [5, 5.41) is 4.97. The molecule has 0 radical (unpaired) electrons. The summed E-state index contributed by atoms with van der Waals surface area (Å²) >= 11 is 0. The summed E-state index contributed by atoms with van der Waals surface area (Å²) in [4.78, 5) is 14.4. The second kappa shape index (κ2) is 8.26. The van der Waals surface area contributed by atoms with Crippen molar-refractivity contribution in [1.29, 1.82) is 0 Å². The van der Waals surface area contributed by atoms with Gasteiger partial charge in [0.25, 0.3) is 0 Å². The van der Waals surface area contributed by atoms with Crippen LogP contribution in [0.25, 0.3) is 11.0 Å². The lowest BCUT2D eigenvalue weighted by Crippen LogP contribution is -2.40. The van der Waals surface area contributed by atoms with Gasteiger partial charge in [-0.2, -0.15) is 0 Å². The molecule has 1 aromatic carbocycles. The van der Waals surface area contributed by atoms with Crippen molar-refractivity contribution in [2.75, 3.05) is 40.0 Å². The zero-order valence-electron chi connectivity index (χ0n) is 14.1. The number of rotatable bonds is 7. The van der Waals surface area contributed by atoms with Crippen LogP contribution in [0.2, 0.25) is 0 Å². The summed E-state index contributed by atoms with van der Waals surface area (Å²) < 4.78 is 15.8. The molecule has 0 aliphatic carbocycles. The summed E-state index contributed by atoms with van der Waals surface area (Å²) in [7, 11) is 1.67. The molecule has 1 fully saturated rings. The molecule has 130 valence electrons. The number of carbonyl (C=O) groups excluding carboxylic acids is 1. The fourth-order valence-corrected chi connectivity index (χ4v) is 3.06. The van der Waals surface area contributed by atoms with Gasteiger partial charge in [0.15, 0.2) is 5.58 Å². The number of fused-ring (bicyclic) bond motifs is 1. The molecule has 24 heavy (non-hydrogen) atoms. The molecule has 0 N–H and O–H groups in total. The normalized spacial score (nSPS) is 16.0. The first-order chi connectivity index (χ1) is 11.8. The molecule has 0 spiro atoms. The van der Waals surface area contributed by atoms with Crippen LogP contribution in [-0.4, -0.2) is 56.0 Å². The van der Waals surface area contributed by atoms with E-state index < -0.39 is 0 Å². The maximum atomic E-state index is 12.5. The summed E-state index contributed by atoms with van der Waals surface area (Å²) in [6, 6.07) is 7.64. The average Bonchev–Trinajstić information content (AvgIpc) is 3.02. The van der Waals surface area contributed by atoms with E-state index in [0.717, 1.165) is 49.2 Å². The maximum absolute atomic E-state index is 12.5. The molecule has 0 unspecified atom stereocenters. The van der Waals surface area contributed by atoms with Gasteiger partial charge >= 0.3 is 0 Å². The minimum absolute atomic E-state index is 0.118. The van der Waals surface area contributed by atoms with Gasteiger partial charge in [-0.05, 0) is 30.9 Å². The minimum atomic E-state index is 0.118. The van der Waals surface area contributed by atoms with Crippen LogP contribution in [0.4, 0.5) is 0 Å².